The molecule has 1 atom stereocenters. The van der Waals surface area contributed by atoms with Crippen molar-refractivity contribution in [1.82, 2.24) is 5.01 Å². The first-order valence-electron chi connectivity index (χ1n) is 6.81. The summed E-state index contributed by atoms with van der Waals surface area (Å²) in [5, 5.41) is 34.1. The van der Waals surface area contributed by atoms with Gasteiger partial charge in [0, 0.05) is 0 Å². The van der Waals surface area contributed by atoms with E-state index in [1.807, 2.05) is 18.2 Å². The summed E-state index contributed by atoms with van der Waals surface area (Å²) in [5.41, 5.74) is 4.01. The van der Waals surface area contributed by atoms with Crippen molar-refractivity contribution in [3.63, 3.8) is 0 Å². The highest BCUT2D eigenvalue weighted by molar-refractivity contribution is 5.75. The van der Waals surface area contributed by atoms with Gasteiger partial charge in [-0.2, -0.15) is 20.9 Å². The van der Waals surface area contributed by atoms with Crippen LogP contribution in [0.2, 0.25) is 0 Å². The number of hydrogen-bond donors (Lipinski definition) is 1. The van der Waals surface area contributed by atoms with E-state index in [9.17, 15) is 15.8 Å². The standard InChI is InChI=1S/C16H10N6O2/c17-7-12-15(20)22(21-8-11-3-1-5-23-11)14(13-4-2-6-24-13)16(12,9-18)10-19/h1-6,8,14H,20H2/b21-8-/t14-/m0/s1. The summed E-state index contributed by atoms with van der Waals surface area (Å²) >= 11 is 0. The SMILES string of the molecule is N#CC1=C(N)N(/N=C\c2ccco2)[C@@H](c2ccco2)C1(C#N)C#N. The molecule has 0 unspecified atom stereocenters. The summed E-state index contributed by atoms with van der Waals surface area (Å²) in [6.07, 6.45) is 4.26. The molecule has 1 aliphatic heterocycles. The zero-order chi connectivity index (χ0) is 17.2. The van der Waals surface area contributed by atoms with Gasteiger partial charge in [-0.25, -0.2) is 5.01 Å². The Kier molecular flexibility index (Phi) is 3.54. The molecular weight excluding hydrogens is 308 g/mol. The average Bonchev–Trinajstić information content (AvgIpc) is 3.33. The summed E-state index contributed by atoms with van der Waals surface area (Å²) in [6.45, 7) is 0. The summed E-state index contributed by atoms with van der Waals surface area (Å²) in [6, 6.07) is 11.2. The van der Waals surface area contributed by atoms with Gasteiger partial charge in [-0.3, -0.25) is 0 Å². The van der Waals surface area contributed by atoms with Gasteiger partial charge in [0.25, 0.3) is 0 Å². The molecule has 116 valence electrons. The van der Waals surface area contributed by atoms with Crippen LogP contribution in [0.25, 0.3) is 0 Å². The van der Waals surface area contributed by atoms with Crippen molar-refractivity contribution in [2.24, 2.45) is 16.3 Å². The summed E-state index contributed by atoms with van der Waals surface area (Å²) in [4.78, 5) is 0. The normalized spacial score (nSPS) is 19.2. The molecule has 0 aromatic carbocycles. The largest absolute Gasteiger partial charge is 0.467 e. The van der Waals surface area contributed by atoms with Gasteiger partial charge in [0.1, 0.15) is 35.0 Å². The highest BCUT2D eigenvalue weighted by Crippen LogP contribution is 2.51. The van der Waals surface area contributed by atoms with Crippen LogP contribution in [0, 0.1) is 39.4 Å². The predicted octanol–water partition coefficient (Wildman–Crippen LogP) is 1.99. The second-order valence-corrected chi connectivity index (χ2v) is 4.93. The highest BCUT2D eigenvalue weighted by Gasteiger charge is 2.57. The van der Waals surface area contributed by atoms with Gasteiger partial charge in [-0.1, -0.05) is 0 Å². The van der Waals surface area contributed by atoms with Crippen molar-refractivity contribution >= 4 is 6.21 Å². The van der Waals surface area contributed by atoms with E-state index in [4.69, 9.17) is 14.6 Å². The van der Waals surface area contributed by atoms with Gasteiger partial charge in [0.2, 0.25) is 5.41 Å². The Morgan fingerprint density at radius 3 is 2.42 bits per heavy atom. The molecule has 2 aromatic rings. The fourth-order valence-corrected chi connectivity index (χ4v) is 2.57. The van der Waals surface area contributed by atoms with Crippen LogP contribution in [0.4, 0.5) is 0 Å². The summed E-state index contributed by atoms with van der Waals surface area (Å²) in [7, 11) is 0. The van der Waals surface area contributed by atoms with Crippen molar-refractivity contribution in [1.29, 1.82) is 15.8 Å². The lowest BCUT2D eigenvalue weighted by Gasteiger charge is -2.25. The molecule has 2 N–H and O–H groups in total. The fourth-order valence-electron chi connectivity index (χ4n) is 2.57. The average molecular weight is 318 g/mol. The third-order valence-electron chi connectivity index (χ3n) is 3.68. The van der Waals surface area contributed by atoms with Crippen LogP contribution in [0.3, 0.4) is 0 Å². The highest BCUT2D eigenvalue weighted by atomic mass is 16.3. The third-order valence-corrected chi connectivity index (χ3v) is 3.68. The lowest BCUT2D eigenvalue weighted by atomic mass is 9.78. The molecule has 8 nitrogen and oxygen atoms in total. The number of furan rings is 2. The van der Waals surface area contributed by atoms with E-state index in [0.29, 0.717) is 11.5 Å². The van der Waals surface area contributed by atoms with Crippen LogP contribution in [0.15, 0.2) is 62.1 Å². The van der Waals surface area contributed by atoms with E-state index in [1.165, 1.54) is 23.7 Å². The zero-order valence-corrected chi connectivity index (χ0v) is 12.2. The Hall–Kier alpha value is -3.96. The first-order chi connectivity index (χ1) is 11.7. The topological polar surface area (TPSA) is 139 Å². The van der Waals surface area contributed by atoms with Crippen molar-refractivity contribution in [3.8, 4) is 18.2 Å². The van der Waals surface area contributed by atoms with E-state index in [1.54, 1.807) is 24.3 Å². The molecule has 0 fully saturated rings. The molecule has 3 heterocycles. The molecule has 0 saturated heterocycles. The number of rotatable bonds is 3. The van der Waals surface area contributed by atoms with Crippen molar-refractivity contribution in [2.45, 2.75) is 6.04 Å². The van der Waals surface area contributed by atoms with Gasteiger partial charge in [0.05, 0.1) is 30.9 Å². The Labute approximate surface area is 136 Å². The van der Waals surface area contributed by atoms with Gasteiger partial charge in [0.15, 0.2) is 0 Å². The van der Waals surface area contributed by atoms with Crippen LogP contribution < -0.4 is 5.73 Å². The van der Waals surface area contributed by atoms with Crippen molar-refractivity contribution < 1.29 is 8.83 Å². The third kappa shape index (κ3) is 2.01. The van der Waals surface area contributed by atoms with Gasteiger partial charge < -0.3 is 14.6 Å². The molecule has 1 aliphatic rings. The molecule has 0 saturated carbocycles. The molecule has 3 rings (SSSR count). The maximum Gasteiger partial charge on any atom is 0.211 e. The molecule has 0 radical (unpaired) electrons. The fraction of sp³-hybridized carbons (Fsp3) is 0.125. The van der Waals surface area contributed by atoms with Crippen LogP contribution in [-0.4, -0.2) is 11.2 Å². The molecule has 24 heavy (non-hydrogen) atoms. The summed E-state index contributed by atoms with van der Waals surface area (Å²) in [5.74, 6) is 0.665. The molecule has 0 spiro atoms. The zero-order valence-electron chi connectivity index (χ0n) is 12.2. The van der Waals surface area contributed by atoms with Crippen molar-refractivity contribution in [2.75, 3.05) is 0 Å². The molecular formula is C16H10N6O2. The van der Waals surface area contributed by atoms with Crippen molar-refractivity contribution in [3.05, 3.63) is 59.7 Å². The maximum atomic E-state index is 9.62. The number of nitriles is 3. The first kappa shape index (κ1) is 15.0. The number of nitrogens with two attached hydrogens (primary N) is 1. The Morgan fingerprint density at radius 1 is 1.17 bits per heavy atom. The predicted molar refractivity (Wildman–Crippen MR) is 80.1 cm³/mol. The van der Waals surface area contributed by atoms with Gasteiger partial charge >= 0.3 is 0 Å². The first-order valence-corrected chi connectivity index (χ1v) is 6.81. The minimum absolute atomic E-state index is 0.0789. The minimum atomic E-state index is -1.82. The molecule has 2 aromatic heterocycles. The van der Waals surface area contributed by atoms with E-state index in [-0.39, 0.29) is 11.4 Å². The Morgan fingerprint density at radius 2 is 1.88 bits per heavy atom. The number of nitrogens with zero attached hydrogens (tertiary/aromatic N) is 5. The van der Waals surface area contributed by atoms with E-state index < -0.39 is 11.5 Å². The van der Waals surface area contributed by atoms with E-state index >= 15 is 0 Å². The Balaban J connectivity index is 2.15. The molecule has 0 aliphatic carbocycles. The van der Waals surface area contributed by atoms with E-state index in [0.717, 1.165) is 0 Å². The smallest absolute Gasteiger partial charge is 0.211 e. The van der Waals surface area contributed by atoms with Crippen LogP contribution in [-0.2, 0) is 0 Å². The van der Waals surface area contributed by atoms with Crippen LogP contribution in [0.5, 0.6) is 0 Å². The molecule has 0 amide bonds. The Bertz CT molecular complexity index is 905. The number of hydrogen-bond acceptors (Lipinski definition) is 8. The lowest BCUT2D eigenvalue weighted by Crippen LogP contribution is -2.31. The van der Waals surface area contributed by atoms with Crippen LogP contribution >= 0.6 is 0 Å². The van der Waals surface area contributed by atoms with E-state index in [2.05, 4.69) is 5.10 Å². The summed E-state index contributed by atoms with van der Waals surface area (Å²) < 4.78 is 10.5. The van der Waals surface area contributed by atoms with Gasteiger partial charge in [-0.05, 0) is 24.3 Å². The van der Waals surface area contributed by atoms with Crippen LogP contribution in [0.1, 0.15) is 17.6 Å². The minimum Gasteiger partial charge on any atom is -0.467 e. The lowest BCUT2D eigenvalue weighted by molar-refractivity contribution is 0.208. The second-order valence-electron chi connectivity index (χ2n) is 4.93. The monoisotopic (exact) mass is 318 g/mol. The number of hydrazone groups is 1. The molecule has 8 heteroatoms. The molecule has 0 bridgehead atoms. The van der Waals surface area contributed by atoms with Gasteiger partial charge in [-0.15, -0.1) is 0 Å². The maximum absolute atomic E-state index is 9.62. The second kappa shape index (κ2) is 5.68. The quantitative estimate of drug-likeness (QED) is 0.853.